The molecule has 0 aliphatic carbocycles. The summed E-state index contributed by atoms with van der Waals surface area (Å²) in [7, 11) is 1.24. The number of aromatic nitrogens is 1. The van der Waals surface area contributed by atoms with Gasteiger partial charge in [-0.1, -0.05) is 6.07 Å². The highest BCUT2D eigenvalue weighted by atomic mass is 19.1. The molecule has 1 aromatic heterocycles. The van der Waals surface area contributed by atoms with Crippen LogP contribution in [0.15, 0.2) is 36.5 Å². The number of ether oxygens (including phenoxy) is 1. The van der Waals surface area contributed by atoms with Gasteiger partial charge in [-0.05, 0) is 24.3 Å². The molecule has 0 aliphatic heterocycles. The number of esters is 1. The maximum Gasteiger partial charge on any atom is 0.354 e. The molecule has 7 heteroatoms. The molecule has 1 aromatic carbocycles. The summed E-state index contributed by atoms with van der Waals surface area (Å²) < 4.78 is 19.0. The average Bonchev–Trinajstić information content (AvgIpc) is 2.78. The van der Waals surface area contributed by atoms with Crippen LogP contribution in [0.1, 0.15) is 10.5 Å². The van der Waals surface area contributed by atoms with E-state index in [-0.39, 0.29) is 12.2 Å². The van der Waals surface area contributed by atoms with Crippen molar-refractivity contribution in [3.8, 4) is 0 Å². The lowest BCUT2D eigenvalue weighted by atomic mass is 10.3. The van der Waals surface area contributed by atoms with E-state index in [4.69, 9.17) is 5.73 Å². The average molecular weight is 291 g/mol. The molecular formula is C14H14FN3O3. The number of hydrogen-bond acceptors (Lipinski definition) is 4. The van der Waals surface area contributed by atoms with E-state index in [9.17, 15) is 14.0 Å². The Morgan fingerprint density at radius 2 is 2.14 bits per heavy atom. The van der Waals surface area contributed by atoms with Crippen molar-refractivity contribution in [1.82, 2.24) is 4.57 Å². The van der Waals surface area contributed by atoms with Gasteiger partial charge in [0.1, 0.15) is 18.1 Å². The zero-order valence-corrected chi connectivity index (χ0v) is 11.3. The SMILES string of the molecule is COC(=O)c1cc(N)cn1CC(=O)Nc1cccc(F)c1. The third-order valence-electron chi connectivity index (χ3n) is 2.73. The number of carbonyl (C=O) groups is 2. The van der Waals surface area contributed by atoms with Crippen molar-refractivity contribution in [3.63, 3.8) is 0 Å². The molecular weight excluding hydrogens is 277 g/mol. The molecule has 0 saturated carbocycles. The Balaban J connectivity index is 2.11. The van der Waals surface area contributed by atoms with E-state index >= 15 is 0 Å². The Kier molecular flexibility index (Phi) is 4.22. The molecule has 3 N–H and O–H groups in total. The molecule has 1 amide bonds. The van der Waals surface area contributed by atoms with Crippen LogP contribution in [0.3, 0.4) is 0 Å². The van der Waals surface area contributed by atoms with Gasteiger partial charge in [0, 0.05) is 11.9 Å². The standard InChI is InChI=1S/C14H14FN3O3/c1-21-14(20)12-6-10(16)7-18(12)8-13(19)17-11-4-2-3-9(15)5-11/h2-7H,8,16H2,1H3,(H,17,19). The largest absolute Gasteiger partial charge is 0.464 e. The third kappa shape index (κ3) is 3.59. The van der Waals surface area contributed by atoms with Gasteiger partial charge in [0.05, 0.1) is 12.8 Å². The highest BCUT2D eigenvalue weighted by Crippen LogP contribution is 2.13. The lowest BCUT2D eigenvalue weighted by molar-refractivity contribution is -0.116. The van der Waals surface area contributed by atoms with E-state index in [1.807, 2.05) is 0 Å². The number of carbonyl (C=O) groups excluding carboxylic acids is 2. The van der Waals surface area contributed by atoms with Gasteiger partial charge in [0.15, 0.2) is 0 Å². The van der Waals surface area contributed by atoms with Crippen LogP contribution >= 0.6 is 0 Å². The second-order valence-corrected chi connectivity index (χ2v) is 4.34. The minimum absolute atomic E-state index is 0.141. The van der Waals surface area contributed by atoms with Crippen molar-refractivity contribution in [1.29, 1.82) is 0 Å². The zero-order valence-electron chi connectivity index (χ0n) is 11.3. The van der Waals surface area contributed by atoms with E-state index < -0.39 is 17.7 Å². The van der Waals surface area contributed by atoms with Crippen LogP contribution in [0.2, 0.25) is 0 Å². The molecule has 0 saturated heterocycles. The Labute approximate surface area is 120 Å². The predicted molar refractivity (Wildman–Crippen MR) is 75.2 cm³/mol. The Bertz CT molecular complexity index is 682. The number of halogens is 1. The second kappa shape index (κ2) is 6.08. The first kappa shape index (κ1) is 14.6. The smallest absolute Gasteiger partial charge is 0.354 e. The minimum atomic E-state index is -0.592. The van der Waals surface area contributed by atoms with Crippen molar-refractivity contribution in [3.05, 3.63) is 48.0 Å². The summed E-state index contributed by atoms with van der Waals surface area (Å²) in [5.41, 5.74) is 6.46. The van der Waals surface area contributed by atoms with Crippen LogP contribution in [-0.2, 0) is 16.1 Å². The number of rotatable bonds is 4. The Morgan fingerprint density at radius 1 is 1.38 bits per heavy atom. The molecule has 0 radical (unpaired) electrons. The fourth-order valence-corrected chi connectivity index (χ4v) is 1.86. The fraction of sp³-hybridized carbons (Fsp3) is 0.143. The molecule has 2 aromatic rings. The summed E-state index contributed by atoms with van der Waals surface area (Å²) in [6.45, 7) is -0.141. The lowest BCUT2D eigenvalue weighted by Gasteiger charge is -2.08. The van der Waals surface area contributed by atoms with E-state index in [1.165, 1.54) is 42.1 Å². The number of nitrogen functional groups attached to an aromatic ring is 1. The zero-order chi connectivity index (χ0) is 15.4. The normalized spacial score (nSPS) is 10.2. The molecule has 6 nitrogen and oxygen atoms in total. The Morgan fingerprint density at radius 3 is 2.81 bits per heavy atom. The summed E-state index contributed by atoms with van der Waals surface area (Å²) >= 11 is 0. The summed E-state index contributed by atoms with van der Waals surface area (Å²) in [6.07, 6.45) is 1.46. The van der Waals surface area contributed by atoms with Gasteiger partial charge >= 0.3 is 5.97 Å². The highest BCUT2D eigenvalue weighted by molar-refractivity contribution is 5.93. The number of nitrogens with two attached hydrogens (primary N) is 1. The van der Waals surface area contributed by atoms with Crippen molar-refractivity contribution >= 4 is 23.3 Å². The topological polar surface area (TPSA) is 86.3 Å². The number of methoxy groups -OCH3 is 1. The van der Waals surface area contributed by atoms with E-state index in [2.05, 4.69) is 10.1 Å². The first-order chi connectivity index (χ1) is 9.99. The molecule has 0 fully saturated rings. The lowest BCUT2D eigenvalue weighted by Crippen LogP contribution is -2.21. The van der Waals surface area contributed by atoms with Gasteiger partial charge in [-0.2, -0.15) is 0 Å². The van der Waals surface area contributed by atoms with Crippen LogP contribution < -0.4 is 11.1 Å². The molecule has 0 spiro atoms. The Hall–Kier alpha value is -2.83. The summed E-state index contributed by atoms with van der Waals surface area (Å²) in [5.74, 6) is -1.46. The summed E-state index contributed by atoms with van der Waals surface area (Å²) in [4.78, 5) is 23.5. The monoisotopic (exact) mass is 291 g/mol. The molecule has 0 atom stereocenters. The van der Waals surface area contributed by atoms with Crippen LogP contribution in [0.4, 0.5) is 15.8 Å². The van der Waals surface area contributed by atoms with Gasteiger partial charge < -0.3 is 20.4 Å². The van der Waals surface area contributed by atoms with Gasteiger partial charge in [-0.15, -0.1) is 0 Å². The number of hydrogen-bond donors (Lipinski definition) is 2. The molecule has 21 heavy (non-hydrogen) atoms. The third-order valence-corrected chi connectivity index (χ3v) is 2.73. The van der Waals surface area contributed by atoms with Crippen molar-refractivity contribution in [2.75, 3.05) is 18.2 Å². The molecule has 0 bridgehead atoms. The van der Waals surface area contributed by atoms with Gasteiger partial charge in [-0.3, -0.25) is 4.79 Å². The van der Waals surface area contributed by atoms with Crippen molar-refractivity contribution in [2.24, 2.45) is 0 Å². The van der Waals surface area contributed by atoms with Gasteiger partial charge in [0.2, 0.25) is 5.91 Å². The number of benzene rings is 1. The van der Waals surface area contributed by atoms with Crippen LogP contribution in [0, 0.1) is 5.82 Å². The van der Waals surface area contributed by atoms with Gasteiger partial charge in [0.25, 0.3) is 0 Å². The van der Waals surface area contributed by atoms with E-state index in [1.54, 1.807) is 6.07 Å². The quantitative estimate of drug-likeness (QED) is 0.838. The molecule has 0 aliphatic rings. The summed E-state index contributed by atoms with van der Waals surface area (Å²) in [5, 5.41) is 2.53. The summed E-state index contributed by atoms with van der Waals surface area (Å²) in [6, 6.07) is 6.94. The second-order valence-electron chi connectivity index (χ2n) is 4.34. The number of amides is 1. The van der Waals surface area contributed by atoms with E-state index in [0.29, 0.717) is 11.4 Å². The number of nitrogens with zero attached hydrogens (tertiary/aromatic N) is 1. The number of anilines is 2. The first-order valence-electron chi connectivity index (χ1n) is 6.09. The van der Waals surface area contributed by atoms with Crippen LogP contribution in [-0.4, -0.2) is 23.6 Å². The first-order valence-corrected chi connectivity index (χ1v) is 6.09. The predicted octanol–water partition coefficient (Wildman–Crippen LogP) is 1.63. The maximum absolute atomic E-state index is 13.0. The molecule has 0 unspecified atom stereocenters. The van der Waals surface area contributed by atoms with Crippen molar-refractivity contribution < 1.29 is 18.7 Å². The maximum atomic E-state index is 13.0. The fourth-order valence-electron chi connectivity index (χ4n) is 1.86. The van der Waals surface area contributed by atoms with Gasteiger partial charge in [-0.25, -0.2) is 9.18 Å². The van der Waals surface area contributed by atoms with Crippen LogP contribution in [0.5, 0.6) is 0 Å². The molecule has 2 rings (SSSR count). The van der Waals surface area contributed by atoms with E-state index in [0.717, 1.165) is 0 Å². The molecule has 1 heterocycles. The van der Waals surface area contributed by atoms with Crippen LogP contribution in [0.25, 0.3) is 0 Å². The highest BCUT2D eigenvalue weighted by Gasteiger charge is 2.15. The van der Waals surface area contributed by atoms with Crippen molar-refractivity contribution in [2.45, 2.75) is 6.54 Å². The number of nitrogens with one attached hydrogen (secondary N) is 1. The minimum Gasteiger partial charge on any atom is -0.464 e. The molecule has 110 valence electrons.